The Balaban J connectivity index is 2.04. The van der Waals surface area contributed by atoms with Crippen molar-refractivity contribution in [1.82, 2.24) is 4.98 Å². The summed E-state index contributed by atoms with van der Waals surface area (Å²) in [7, 11) is 0. The molecular weight excluding hydrogens is 296 g/mol. The van der Waals surface area contributed by atoms with Crippen molar-refractivity contribution in [1.29, 1.82) is 0 Å². The standard InChI is InChI=1S/C16H16N4O3/c1-10-13(8-11(9-18-10)20(22)23)16(21)19-7-3-4-12-14(17)5-2-6-15(12)19/h2,5-6,8-9H,3-4,7,17H2,1H3. The minimum Gasteiger partial charge on any atom is -0.398 e. The summed E-state index contributed by atoms with van der Waals surface area (Å²) in [5.74, 6) is -0.287. The van der Waals surface area contributed by atoms with E-state index in [-0.39, 0.29) is 17.2 Å². The second-order valence-electron chi connectivity index (χ2n) is 5.49. The van der Waals surface area contributed by atoms with E-state index in [2.05, 4.69) is 4.98 Å². The van der Waals surface area contributed by atoms with Crippen molar-refractivity contribution in [2.75, 3.05) is 17.2 Å². The van der Waals surface area contributed by atoms with E-state index in [9.17, 15) is 14.9 Å². The smallest absolute Gasteiger partial charge is 0.288 e. The highest BCUT2D eigenvalue weighted by atomic mass is 16.6. The van der Waals surface area contributed by atoms with Gasteiger partial charge in [-0.1, -0.05) is 6.07 Å². The highest BCUT2D eigenvalue weighted by Crippen LogP contribution is 2.32. The Bertz CT molecular complexity index is 804. The SMILES string of the molecule is Cc1ncc([N+](=O)[O-])cc1C(=O)N1CCCc2c(N)cccc21. The molecule has 2 N–H and O–H groups in total. The van der Waals surface area contributed by atoms with Gasteiger partial charge in [0.15, 0.2) is 0 Å². The predicted octanol–water partition coefficient (Wildman–Crippen LogP) is 2.47. The van der Waals surface area contributed by atoms with Gasteiger partial charge in [0.05, 0.1) is 16.2 Å². The van der Waals surface area contributed by atoms with Crippen LogP contribution in [0, 0.1) is 17.0 Å². The van der Waals surface area contributed by atoms with Crippen molar-refractivity contribution in [2.45, 2.75) is 19.8 Å². The maximum Gasteiger partial charge on any atom is 0.288 e. The third-order valence-electron chi connectivity index (χ3n) is 4.05. The van der Waals surface area contributed by atoms with Crippen molar-refractivity contribution in [2.24, 2.45) is 0 Å². The van der Waals surface area contributed by atoms with Crippen LogP contribution in [0.15, 0.2) is 30.5 Å². The summed E-state index contributed by atoms with van der Waals surface area (Å²) in [5.41, 5.74) is 8.90. The average molecular weight is 312 g/mol. The molecule has 0 bridgehead atoms. The maximum atomic E-state index is 12.9. The summed E-state index contributed by atoms with van der Waals surface area (Å²) in [4.78, 5) is 28.9. The van der Waals surface area contributed by atoms with Gasteiger partial charge in [-0.15, -0.1) is 0 Å². The molecule has 2 heterocycles. The Hall–Kier alpha value is -2.96. The number of amides is 1. The first-order valence-corrected chi connectivity index (χ1v) is 7.29. The molecule has 1 aromatic heterocycles. The summed E-state index contributed by atoms with van der Waals surface area (Å²) >= 11 is 0. The van der Waals surface area contributed by atoms with Crippen LogP contribution >= 0.6 is 0 Å². The van der Waals surface area contributed by atoms with E-state index >= 15 is 0 Å². The number of rotatable bonds is 2. The lowest BCUT2D eigenvalue weighted by Gasteiger charge is -2.30. The third kappa shape index (κ3) is 2.61. The van der Waals surface area contributed by atoms with Crippen LogP contribution in [-0.2, 0) is 6.42 Å². The summed E-state index contributed by atoms with van der Waals surface area (Å²) < 4.78 is 0. The van der Waals surface area contributed by atoms with E-state index in [1.165, 1.54) is 6.07 Å². The lowest BCUT2D eigenvalue weighted by molar-refractivity contribution is -0.385. The number of hydrogen-bond acceptors (Lipinski definition) is 5. The van der Waals surface area contributed by atoms with E-state index in [0.29, 0.717) is 17.9 Å². The molecule has 1 aliphatic heterocycles. The van der Waals surface area contributed by atoms with Gasteiger partial charge in [-0.25, -0.2) is 0 Å². The highest BCUT2D eigenvalue weighted by molar-refractivity contribution is 6.08. The molecule has 1 aliphatic rings. The zero-order valence-electron chi connectivity index (χ0n) is 12.7. The average Bonchev–Trinajstić information content (AvgIpc) is 2.54. The van der Waals surface area contributed by atoms with Crippen LogP contribution in [0.4, 0.5) is 17.1 Å². The zero-order valence-corrected chi connectivity index (χ0v) is 12.7. The maximum absolute atomic E-state index is 12.9. The zero-order chi connectivity index (χ0) is 16.6. The summed E-state index contributed by atoms with van der Waals surface area (Å²) in [5, 5.41) is 10.9. The molecule has 0 aliphatic carbocycles. The van der Waals surface area contributed by atoms with E-state index < -0.39 is 4.92 Å². The van der Waals surface area contributed by atoms with Crippen molar-refractivity contribution < 1.29 is 9.72 Å². The fraction of sp³-hybridized carbons (Fsp3) is 0.250. The molecule has 3 rings (SSSR count). The van der Waals surface area contributed by atoms with Crippen LogP contribution in [0.2, 0.25) is 0 Å². The fourth-order valence-electron chi connectivity index (χ4n) is 2.85. The van der Waals surface area contributed by atoms with Crippen LogP contribution in [0.3, 0.4) is 0 Å². The molecule has 0 saturated carbocycles. The van der Waals surface area contributed by atoms with Gasteiger partial charge in [0, 0.05) is 24.0 Å². The van der Waals surface area contributed by atoms with E-state index in [1.807, 2.05) is 12.1 Å². The number of benzene rings is 1. The minimum atomic E-state index is -0.550. The molecule has 0 spiro atoms. The van der Waals surface area contributed by atoms with E-state index in [4.69, 9.17) is 5.73 Å². The second kappa shape index (κ2) is 5.68. The van der Waals surface area contributed by atoms with Gasteiger partial charge in [0.25, 0.3) is 11.6 Å². The Morgan fingerprint density at radius 2 is 2.22 bits per heavy atom. The van der Waals surface area contributed by atoms with Crippen LogP contribution in [-0.4, -0.2) is 22.4 Å². The number of nitrogens with zero attached hydrogens (tertiary/aromatic N) is 3. The molecule has 0 radical (unpaired) electrons. The van der Waals surface area contributed by atoms with Gasteiger partial charge in [-0.2, -0.15) is 0 Å². The van der Waals surface area contributed by atoms with Gasteiger partial charge < -0.3 is 10.6 Å². The molecule has 118 valence electrons. The number of fused-ring (bicyclic) bond motifs is 1. The molecule has 2 aromatic rings. The lowest BCUT2D eigenvalue weighted by Crippen LogP contribution is -2.36. The fourth-order valence-corrected chi connectivity index (χ4v) is 2.85. The first-order valence-electron chi connectivity index (χ1n) is 7.29. The van der Waals surface area contributed by atoms with Crippen molar-refractivity contribution >= 4 is 23.0 Å². The molecule has 0 unspecified atom stereocenters. The Labute approximate surface area is 132 Å². The van der Waals surface area contributed by atoms with Crippen molar-refractivity contribution in [3.8, 4) is 0 Å². The molecule has 1 aromatic carbocycles. The molecule has 0 atom stereocenters. The molecular formula is C16H16N4O3. The van der Waals surface area contributed by atoms with Crippen LogP contribution in [0.5, 0.6) is 0 Å². The normalized spacial score (nSPS) is 13.5. The number of nitrogens with two attached hydrogens (primary N) is 1. The van der Waals surface area contributed by atoms with E-state index in [0.717, 1.165) is 30.3 Å². The third-order valence-corrected chi connectivity index (χ3v) is 4.05. The Kier molecular flexibility index (Phi) is 3.69. The summed E-state index contributed by atoms with van der Waals surface area (Å²) in [6, 6.07) is 6.75. The van der Waals surface area contributed by atoms with Gasteiger partial charge in [0.2, 0.25) is 0 Å². The monoisotopic (exact) mass is 312 g/mol. The number of carbonyl (C=O) groups excluding carboxylic acids is 1. The number of aromatic nitrogens is 1. The molecule has 1 amide bonds. The summed E-state index contributed by atoms with van der Waals surface area (Å²) in [6.45, 7) is 2.22. The number of hydrogen-bond donors (Lipinski definition) is 1. The van der Waals surface area contributed by atoms with Crippen LogP contribution in [0.1, 0.15) is 28.0 Å². The van der Waals surface area contributed by atoms with Gasteiger partial charge in [-0.3, -0.25) is 19.9 Å². The Morgan fingerprint density at radius 1 is 1.43 bits per heavy atom. The second-order valence-corrected chi connectivity index (χ2v) is 5.49. The Morgan fingerprint density at radius 3 is 2.96 bits per heavy atom. The molecule has 0 saturated heterocycles. The quantitative estimate of drug-likeness (QED) is 0.521. The number of anilines is 2. The van der Waals surface area contributed by atoms with Crippen molar-refractivity contribution in [3.63, 3.8) is 0 Å². The predicted molar refractivity (Wildman–Crippen MR) is 86.5 cm³/mol. The minimum absolute atomic E-state index is 0.191. The largest absolute Gasteiger partial charge is 0.398 e. The lowest BCUT2D eigenvalue weighted by atomic mass is 9.99. The number of nitro groups is 1. The molecule has 0 fully saturated rings. The topological polar surface area (TPSA) is 102 Å². The van der Waals surface area contributed by atoms with Crippen LogP contribution < -0.4 is 10.6 Å². The number of carbonyl (C=O) groups is 1. The molecule has 7 heteroatoms. The number of aryl methyl sites for hydroxylation is 1. The highest BCUT2D eigenvalue weighted by Gasteiger charge is 2.27. The number of pyridine rings is 1. The van der Waals surface area contributed by atoms with Crippen molar-refractivity contribution in [3.05, 3.63) is 57.4 Å². The van der Waals surface area contributed by atoms with Gasteiger partial charge in [0.1, 0.15) is 6.20 Å². The first-order chi connectivity index (χ1) is 11.0. The van der Waals surface area contributed by atoms with Crippen LogP contribution in [0.25, 0.3) is 0 Å². The van der Waals surface area contributed by atoms with Gasteiger partial charge in [-0.05, 0) is 37.5 Å². The molecule has 23 heavy (non-hydrogen) atoms. The molecule has 7 nitrogen and oxygen atoms in total. The van der Waals surface area contributed by atoms with E-state index in [1.54, 1.807) is 17.9 Å². The number of nitrogen functional groups attached to an aromatic ring is 1. The summed E-state index contributed by atoms with van der Waals surface area (Å²) in [6.07, 6.45) is 2.78. The van der Waals surface area contributed by atoms with Gasteiger partial charge >= 0.3 is 0 Å². The first kappa shape index (κ1) is 15.0.